The molecule has 0 saturated carbocycles. The number of nitrogens with two attached hydrogens (primary N) is 1. The zero-order chi connectivity index (χ0) is 9.97. The maximum atomic E-state index is 12.8. The third-order valence-electron chi connectivity index (χ3n) is 1.69. The monoisotopic (exact) mass is 190 g/mol. The average molecular weight is 190 g/mol. The Morgan fingerprint density at radius 3 is 2.50 bits per heavy atom. The molecule has 0 unspecified atom stereocenters. The number of halogens is 1. The first-order valence-corrected chi connectivity index (χ1v) is 3.95. The molecule has 70 valence electrons. The lowest BCUT2D eigenvalue weighted by molar-refractivity contribution is 0.626. The Morgan fingerprint density at radius 1 is 1.14 bits per heavy atom. The lowest BCUT2D eigenvalue weighted by atomic mass is 10.2. The fourth-order valence-electron chi connectivity index (χ4n) is 1.03. The van der Waals surface area contributed by atoms with Crippen LogP contribution in [0.5, 0.6) is 0 Å². The smallest absolute Gasteiger partial charge is 0.219 e. The van der Waals surface area contributed by atoms with Crippen molar-refractivity contribution in [1.29, 1.82) is 0 Å². The van der Waals surface area contributed by atoms with E-state index in [0.717, 1.165) is 0 Å². The average Bonchev–Trinajstić information content (AvgIpc) is 2.19. The quantitative estimate of drug-likeness (QED) is 0.735. The molecule has 2 heterocycles. The van der Waals surface area contributed by atoms with E-state index in [2.05, 4.69) is 15.0 Å². The third-order valence-corrected chi connectivity index (χ3v) is 1.69. The summed E-state index contributed by atoms with van der Waals surface area (Å²) in [6.07, 6.45) is 4.40. The lowest BCUT2D eigenvalue weighted by Crippen LogP contribution is -1.94. The lowest BCUT2D eigenvalue weighted by Gasteiger charge is -1.99. The first-order chi connectivity index (χ1) is 6.75. The van der Waals surface area contributed by atoms with Crippen molar-refractivity contribution < 1.29 is 4.39 Å². The molecule has 0 saturated heterocycles. The van der Waals surface area contributed by atoms with E-state index >= 15 is 0 Å². The normalized spacial score (nSPS) is 10.1. The molecule has 0 bridgehead atoms. The van der Waals surface area contributed by atoms with Gasteiger partial charge in [-0.3, -0.25) is 4.98 Å². The fraction of sp³-hybridized carbons (Fsp3) is 0. The molecule has 0 aliphatic carbocycles. The van der Waals surface area contributed by atoms with Gasteiger partial charge in [0.05, 0.1) is 5.69 Å². The van der Waals surface area contributed by atoms with Crippen LogP contribution in [0.2, 0.25) is 0 Å². The van der Waals surface area contributed by atoms with Gasteiger partial charge in [0.25, 0.3) is 0 Å². The first-order valence-electron chi connectivity index (χ1n) is 3.95. The SMILES string of the molecule is Nc1ncc(-c2cc(F)ccn2)cn1. The molecule has 2 N–H and O–H groups in total. The largest absolute Gasteiger partial charge is 0.368 e. The predicted octanol–water partition coefficient (Wildman–Crippen LogP) is 1.26. The van der Waals surface area contributed by atoms with E-state index < -0.39 is 0 Å². The van der Waals surface area contributed by atoms with Crippen LogP contribution in [-0.2, 0) is 0 Å². The van der Waals surface area contributed by atoms with E-state index in [1.807, 2.05) is 0 Å². The molecule has 2 rings (SSSR count). The van der Waals surface area contributed by atoms with Crippen LogP contribution in [0.4, 0.5) is 10.3 Å². The molecular formula is C9H7FN4. The summed E-state index contributed by atoms with van der Waals surface area (Å²) in [5.41, 5.74) is 6.45. The Hall–Kier alpha value is -2.04. The molecule has 0 amide bonds. The fourth-order valence-corrected chi connectivity index (χ4v) is 1.03. The highest BCUT2D eigenvalue weighted by Gasteiger charge is 2.01. The minimum atomic E-state index is -0.341. The summed E-state index contributed by atoms with van der Waals surface area (Å²) in [5.74, 6) is -0.156. The van der Waals surface area contributed by atoms with Crippen molar-refractivity contribution in [2.45, 2.75) is 0 Å². The van der Waals surface area contributed by atoms with Gasteiger partial charge >= 0.3 is 0 Å². The summed E-state index contributed by atoms with van der Waals surface area (Å²) in [5, 5.41) is 0. The van der Waals surface area contributed by atoms with Crippen molar-refractivity contribution in [3.05, 3.63) is 36.5 Å². The number of aromatic nitrogens is 3. The van der Waals surface area contributed by atoms with Crippen molar-refractivity contribution in [2.24, 2.45) is 0 Å². The van der Waals surface area contributed by atoms with Crippen LogP contribution in [0, 0.1) is 5.82 Å². The highest BCUT2D eigenvalue weighted by atomic mass is 19.1. The number of hydrogen-bond donors (Lipinski definition) is 1. The number of rotatable bonds is 1. The number of pyridine rings is 1. The van der Waals surface area contributed by atoms with Gasteiger partial charge in [-0.15, -0.1) is 0 Å². The van der Waals surface area contributed by atoms with Gasteiger partial charge in [0.15, 0.2) is 0 Å². The van der Waals surface area contributed by atoms with Crippen molar-refractivity contribution in [3.8, 4) is 11.3 Å². The Labute approximate surface area is 79.7 Å². The summed E-state index contributed by atoms with van der Waals surface area (Å²) < 4.78 is 12.8. The third kappa shape index (κ3) is 1.66. The minimum absolute atomic E-state index is 0.185. The van der Waals surface area contributed by atoms with Gasteiger partial charge in [-0.1, -0.05) is 0 Å². The van der Waals surface area contributed by atoms with Gasteiger partial charge in [0.2, 0.25) is 5.95 Å². The van der Waals surface area contributed by atoms with Gasteiger partial charge in [0.1, 0.15) is 5.82 Å². The van der Waals surface area contributed by atoms with Gasteiger partial charge in [-0.25, -0.2) is 14.4 Å². The Balaban J connectivity index is 2.44. The van der Waals surface area contributed by atoms with Gasteiger partial charge in [0, 0.05) is 30.2 Å². The summed E-state index contributed by atoms with van der Waals surface area (Å²) >= 11 is 0. The zero-order valence-electron chi connectivity index (χ0n) is 7.18. The standard InChI is InChI=1S/C9H7FN4/c10-7-1-2-12-8(3-7)6-4-13-9(11)14-5-6/h1-5H,(H2,11,13,14). The molecule has 14 heavy (non-hydrogen) atoms. The van der Waals surface area contributed by atoms with Crippen LogP contribution in [-0.4, -0.2) is 15.0 Å². The van der Waals surface area contributed by atoms with Crippen LogP contribution < -0.4 is 5.73 Å². The highest BCUT2D eigenvalue weighted by molar-refractivity contribution is 5.56. The number of anilines is 1. The second-order valence-electron chi connectivity index (χ2n) is 2.69. The minimum Gasteiger partial charge on any atom is -0.368 e. The van der Waals surface area contributed by atoms with E-state index in [1.54, 1.807) is 0 Å². The van der Waals surface area contributed by atoms with Crippen molar-refractivity contribution >= 4 is 5.95 Å². The molecule has 4 nitrogen and oxygen atoms in total. The van der Waals surface area contributed by atoms with E-state index in [4.69, 9.17) is 5.73 Å². The molecule has 0 radical (unpaired) electrons. The van der Waals surface area contributed by atoms with Crippen LogP contribution in [0.25, 0.3) is 11.3 Å². The second-order valence-corrected chi connectivity index (χ2v) is 2.69. The number of nitrogens with zero attached hydrogens (tertiary/aromatic N) is 3. The van der Waals surface area contributed by atoms with Crippen LogP contribution in [0.3, 0.4) is 0 Å². The maximum absolute atomic E-state index is 12.8. The Morgan fingerprint density at radius 2 is 1.86 bits per heavy atom. The molecule has 0 aliphatic heterocycles. The molecule has 0 aromatic carbocycles. The number of hydrogen-bond acceptors (Lipinski definition) is 4. The van der Waals surface area contributed by atoms with Gasteiger partial charge < -0.3 is 5.73 Å². The van der Waals surface area contributed by atoms with Crippen molar-refractivity contribution in [1.82, 2.24) is 15.0 Å². The van der Waals surface area contributed by atoms with Crippen LogP contribution in [0.1, 0.15) is 0 Å². The zero-order valence-corrected chi connectivity index (χ0v) is 7.18. The summed E-state index contributed by atoms with van der Waals surface area (Å²) in [6, 6.07) is 2.59. The van der Waals surface area contributed by atoms with E-state index in [9.17, 15) is 4.39 Å². The number of nitrogen functional groups attached to an aromatic ring is 1. The first kappa shape index (κ1) is 8.55. The van der Waals surface area contributed by atoms with Gasteiger partial charge in [-0.05, 0) is 6.07 Å². The second kappa shape index (κ2) is 3.37. The molecule has 2 aromatic rings. The van der Waals surface area contributed by atoms with E-state index in [1.165, 1.54) is 30.7 Å². The van der Waals surface area contributed by atoms with Gasteiger partial charge in [-0.2, -0.15) is 0 Å². The highest BCUT2D eigenvalue weighted by Crippen LogP contribution is 2.15. The van der Waals surface area contributed by atoms with E-state index in [-0.39, 0.29) is 11.8 Å². The molecule has 2 aromatic heterocycles. The molecule has 0 fully saturated rings. The topological polar surface area (TPSA) is 64.7 Å². The Bertz CT molecular complexity index is 441. The van der Waals surface area contributed by atoms with E-state index in [0.29, 0.717) is 11.3 Å². The molecular weight excluding hydrogens is 183 g/mol. The molecule has 0 aliphatic rings. The molecule has 0 spiro atoms. The summed E-state index contributed by atoms with van der Waals surface area (Å²) in [7, 11) is 0. The molecule has 0 atom stereocenters. The van der Waals surface area contributed by atoms with Crippen molar-refractivity contribution in [2.75, 3.05) is 5.73 Å². The molecule has 5 heteroatoms. The summed E-state index contributed by atoms with van der Waals surface area (Å²) in [4.78, 5) is 11.6. The van der Waals surface area contributed by atoms with Crippen LogP contribution >= 0.6 is 0 Å². The summed E-state index contributed by atoms with van der Waals surface area (Å²) in [6.45, 7) is 0. The Kier molecular flexibility index (Phi) is 2.06. The van der Waals surface area contributed by atoms with Crippen LogP contribution in [0.15, 0.2) is 30.7 Å². The maximum Gasteiger partial charge on any atom is 0.219 e. The van der Waals surface area contributed by atoms with Crippen molar-refractivity contribution in [3.63, 3.8) is 0 Å². The predicted molar refractivity (Wildman–Crippen MR) is 49.6 cm³/mol.